The van der Waals surface area contributed by atoms with Crippen LogP contribution in [0.2, 0.25) is 0 Å². The number of carbonyl (C=O) groups is 1. The summed E-state index contributed by atoms with van der Waals surface area (Å²) in [6.45, 7) is 3.53. The number of aromatic nitrogens is 1. The van der Waals surface area contributed by atoms with E-state index in [-0.39, 0.29) is 18.7 Å². The van der Waals surface area contributed by atoms with E-state index in [2.05, 4.69) is 20.9 Å². The van der Waals surface area contributed by atoms with Crippen LogP contribution >= 0.6 is 15.9 Å². The zero-order chi connectivity index (χ0) is 13.0. The molecule has 0 aliphatic carbocycles. The van der Waals surface area contributed by atoms with E-state index in [0.29, 0.717) is 15.6 Å². The summed E-state index contributed by atoms with van der Waals surface area (Å²) < 4.78 is 30.4. The summed E-state index contributed by atoms with van der Waals surface area (Å²) in [4.78, 5) is 14.9. The largest absolute Gasteiger partial charge is 0.466 e. The highest BCUT2D eigenvalue weighted by Gasteiger charge is 2.18. The third-order valence-corrected chi connectivity index (χ3v) is 3.31. The van der Waals surface area contributed by atoms with Gasteiger partial charge in [0.15, 0.2) is 0 Å². The number of nitrogens with zero attached hydrogens (tertiary/aromatic N) is 1. The van der Waals surface area contributed by atoms with Gasteiger partial charge in [-0.05, 0) is 25.0 Å². The first-order chi connectivity index (χ1) is 7.97. The number of hydrogen-bond acceptors (Lipinski definition) is 3. The Bertz CT molecular complexity index is 424. The molecule has 0 fully saturated rings. The monoisotopic (exact) mass is 307 g/mol. The molecule has 1 heterocycles. The zero-order valence-electron chi connectivity index (χ0n) is 9.47. The van der Waals surface area contributed by atoms with Crippen LogP contribution in [0.5, 0.6) is 0 Å². The molecule has 0 saturated heterocycles. The second-order valence-corrected chi connectivity index (χ2v) is 4.18. The van der Waals surface area contributed by atoms with Crippen LogP contribution in [0.15, 0.2) is 10.7 Å². The Morgan fingerprint density at radius 1 is 1.59 bits per heavy atom. The number of halogens is 3. The van der Waals surface area contributed by atoms with Crippen LogP contribution in [0.4, 0.5) is 8.78 Å². The molecule has 0 radical (unpaired) electrons. The third kappa shape index (κ3) is 3.46. The Balaban J connectivity index is 2.96. The average molecular weight is 308 g/mol. The second kappa shape index (κ2) is 6.05. The molecule has 1 aromatic heterocycles. The number of carbonyl (C=O) groups excluding carboxylic acids is 1. The first-order valence-electron chi connectivity index (χ1n) is 5.05. The SMILES string of the molecule is CCOC(=O)Cc1cnc(C(F)F)c(C)c1Br. The van der Waals surface area contributed by atoms with Crippen LogP contribution in [-0.4, -0.2) is 17.6 Å². The van der Waals surface area contributed by atoms with Gasteiger partial charge in [-0.25, -0.2) is 8.78 Å². The maximum atomic E-state index is 12.5. The minimum absolute atomic E-state index is 0.0196. The molecule has 0 N–H and O–H groups in total. The molecule has 0 saturated carbocycles. The number of rotatable bonds is 4. The van der Waals surface area contributed by atoms with Gasteiger partial charge in [-0.3, -0.25) is 9.78 Å². The molecule has 0 aliphatic heterocycles. The Kier molecular flexibility index (Phi) is 4.99. The fraction of sp³-hybridized carbons (Fsp3) is 0.455. The van der Waals surface area contributed by atoms with Crippen molar-refractivity contribution < 1.29 is 18.3 Å². The summed E-state index contributed by atoms with van der Waals surface area (Å²) in [7, 11) is 0. The van der Waals surface area contributed by atoms with Crippen molar-refractivity contribution in [3.63, 3.8) is 0 Å². The number of ether oxygens (including phenoxy) is 1. The van der Waals surface area contributed by atoms with Gasteiger partial charge in [0.05, 0.1) is 13.0 Å². The molecule has 6 heteroatoms. The van der Waals surface area contributed by atoms with Gasteiger partial charge in [-0.2, -0.15) is 0 Å². The molecule has 0 amide bonds. The quantitative estimate of drug-likeness (QED) is 0.802. The highest BCUT2D eigenvalue weighted by molar-refractivity contribution is 9.10. The molecule has 0 atom stereocenters. The minimum atomic E-state index is -2.62. The van der Waals surface area contributed by atoms with Gasteiger partial charge in [0, 0.05) is 10.7 Å². The third-order valence-electron chi connectivity index (χ3n) is 2.20. The molecule has 94 valence electrons. The van der Waals surface area contributed by atoms with Gasteiger partial charge in [0.1, 0.15) is 5.69 Å². The number of alkyl halides is 2. The fourth-order valence-electron chi connectivity index (χ4n) is 1.37. The molecule has 0 spiro atoms. The van der Waals surface area contributed by atoms with Crippen LogP contribution in [0.1, 0.15) is 30.2 Å². The van der Waals surface area contributed by atoms with Crippen LogP contribution in [0.25, 0.3) is 0 Å². The van der Waals surface area contributed by atoms with Gasteiger partial charge in [-0.15, -0.1) is 0 Å². The number of esters is 1. The molecule has 1 rings (SSSR count). The Morgan fingerprint density at radius 3 is 2.76 bits per heavy atom. The van der Waals surface area contributed by atoms with Crippen LogP contribution in [0, 0.1) is 6.92 Å². The smallest absolute Gasteiger partial charge is 0.310 e. The predicted molar refractivity (Wildman–Crippen MR) is 62.0 cm³/mol. The summed E-state index contributed by atoms with van der Waals surface area (Å²) in [6.07, 6.45) is -1.33. The summed E-state index contributed by atoms with van der Waals surface area (Å²) in [5.41, 5.74) is 0.622. The molecule has 1 aromatic rings. The van der Waals surface area contributed by atoms with E-state index < -0.39 is 12.4 Å². The Labute approximate surface area is 106 Å². The van der Waals surface area contributed by atoms with Gasteiger partial charge >= 0.3 is 5.97 Å². The number of pyridine rings is 1. The molecule has 0 bridgehead atoms. The molecular weight excluding hydrogens is 296 g/mol. The summed E-state index contributed by atoms with van der Waals surface area (Å²) in [5.74, 6) is -0.404. The molecule has 17 heavy (non-hydrogen) atoms. The minimum Gasteiger partial charge on any atom is -0.466 e. The standard InChI is InChI=1S/C11H12BrF2NO2/c1-3-17-8(16)4-7-5-15-10(11(13)14)6(2)9(7)12/h5,11H,3-4H2,1-2H3. The normalized spacial score (nSPS) is 10.7. The van der Waals surface area contributed by atoms with E-state index in [0.717, 1.165) is 0 Å². The van der Waals surface area contributed by atoms with E-state index in [1.165, 1.54) is 13.1 Å². The van der Waals surface area contributed by atoms with Crippen molar-refractivity contribution in [1.29, 1.82) is 0 Å². The van der Waals surface area contributed by atoms with Crippen LogP contribution in [-0.2, 0) is 16.0 Å². The second-order valence-electron chi connectivity index (χ2n) is 3.39. The average Bonchev–Trinajstić information content (AvgIpc) is 2.25. The van der Waals surface area contributed by atoms with Crippen molar-refractivity contribution in [2.75, 3.05) is 6.61 Å². The zero-order valence-corrected chi connectivity index (χ0v) is 11.1. The van der Waals surface area contributed by atoms with Crippen molar-refractivity contribution in [1.82, 2.24) is 4.98 Å². The van der Waals surface area contributed by atoms with E-state index in [1.807, 2.05) is 0 Å². The van der Waals surface area contributed by atoms with Crippen molar-refractivity contribution in [3.8, 4) is 0 Å². The lowest BCUT2D eigenvalue weighted by Crippen LogP contribution is -2.09. The molecule has 3 nitrogen and oxygen atoms in total. The van der Waals surface area contributed by atoms with Crippen molar-refractivity contribution in [3.05, 3.63) is 27.5 Å². The van der Waals surface area contributed by atoms with Gasteiger partial charge in [-0.1, -0.05) is 15.9 Å². The fourth-order valence-corrected chi connectivity index (χ4v) is 1.81. The van der Waals surface area contributed by atoms with Crippen LogP contribution < -0.4 is 0 Å². The van der Waals surface area contributed by atoms with E-state index in [1.54, 1.807) is 6.92 Å². The van der Waals surface area contributed by atoms with Gasteiger partial charge in [0.25, 0.3) is 6.43 Å². The number of hydrogen-bond donors (Lipinski definition) is 0. The Hall–Kier alpha value is -1.04. The molecule has 0 aromatic carbocycles. The Morgan fingerprint density at radius 2 is 2.24 bits per heavy atom. The van der Waals surface area contributed by atoms with E-state index >= 15 is 0 Å². The molecule has 0 unspecified atom stereocenters. The lowest BCUT2D eigenvalue weighted by Gasteiger charge is -2.10. The van der Waals surface area contributed by atoms with Crippen LogP contribution in [0.3, 0.4) is 0 Å². The lowest BCUT2D eigenvalue weighted by atomic mass is 10.1. The highest BCUT2D eigenvalue weighted by atomic mass is 79.9. The van der Waals surface area contributed by atoms with Crippen molar-refractivity contribution in [2.24, 2.45) is 0 Å². The van der Waals surface area contributed by atoms with E-state index in [9.17, 15) is 13.6 Å². The van der Waals surface area contributed by atoms with Crippen molar-refractivity contribution in [2.45, 2.75) is 26.7 Å². The van der Waals surface area contributed by atoms with Crippen molar-refractivity contribution >= 4 is 21.9 Å². The first kappa shape index (κ1) is 14.0. The lowest BCUT2D eigenvalue weighted by molar-refractivity contribution is -0.142. The van der Waals surface area contributed by atoms with E-state index in [4.69, 9.17) is 4.74 Å². The summed E-state index contributed by atoms with van der Waals surface area (Å²) in [5, 5.41) is 0. The molecular formula is C11H12BrF2NO2. The predicted octanol–water partition coefficient (Wildman–Crippen LogP) is 3.20. The summed E-state index contributed by atoms with van der Waals surface area (Å²) in [6, 6.07) is 0. The molecule has 0 aliphatic rings. The maximum Gasteiger partial charge on any atom is 0.310 e. The highest BCUT2D eigenvalue weighted by Crippen LogP contribution is 2.28. The first-order valence-corrected chi connectivity index (χ1v) is 5.84. The summed E-state index contributed by atoms with van der Waals surface area (Å²) >= 11 is 3.20. The maximum absolute atomic E-state index is 12.5. The topological polar surface area (TPSA) is 39.2 Å². The van der Waals surface area contributed by atoms with Gasteiger partial charge < -0.3 is 4.74 Å². The van der Waals surface area contributed by atoms with Gasteiger partial charge in [0.2, 0.25) is 0 Å².